The Morgan fingerprint density at radius 3 is 2.83 bits per heavy atom. The fourth-order valence-corrected chi connectivity index (χ4v) is 2.24. The molecule has 1 aliphatic heterocycles. The smallest absolute Gasteiger partial charge is 0.313 e. The van der Waals surface area contributed by atoms with Crippen LogP contribution in [0.1, 0.15) is 18.4 Å². The minimum absolute atomic E-state index is 0.0893. The van der Waals surface area contributed by atoms with Crippen molar-refractivity contribution in [2.75, 3.05) is 19.7 Å². The van der Waals surface area contributed by atoms with Crippen molar-refractivity contribution >= 4 is 5.69 Å². The van der Waals surface area contributed by atoms with Crippen molar-refractivity contribution in [1.29, 1.82) is 0 Å². The summed E-state index contributed by atoms with van der Waals surface area (Å²) in [4.78, 5) is 10.6. The van der Waals surface area contributed by atoms with Crippen LogP contribution in [-0.2, 0) is 0 Å². The Balaban J connectivity index is 2.04. The van der Waals surface area contributed by atoms with E-state index in [1.54, 1.807) is 25.1 Å². The van der Waals surface area contributed by atoms with Crippen molar-refractivity contribution in [3.05, 3.63) is 33.9 Å². The molecule has 0 radical (unpaired) electrons. The van der Waals surface area contributed by atoms with Crippen LogP contribution in [0.15, 0.2) is 18.2 Å². The molecule has 1 saturated heterocycles. The fourth-order valence-electron chi connectivity index (χ4n) is 2.24. The molecule has 5 nitrogen and oxygen atoms in total. The Labute approximate surface area is 106 Å². The Hall–Kier alpha value is -1.62. The topological polar surface area (TPSA) is 64.4 Å². The van der Waals surface area contributed by atoms with Gasteiger partial charge in [-0.1, -0.05) is 12.1 Å². The molecule has 0 saturated carbocycles. The van der Waals surface area contributed by atoms with Gasteiger partial charge in [-0.15, -0.1) is 0 Å². The zero-order valence-corrected chi connectivity index (χ0v) is 10.5. The summed E-state index contributed by atoms with van der Waals surface area (Å²) in [6.45, 7) is 4.30. The monoisotopic (exact) mass is 250 g/mol. The Morgan fingerprint density at radius 2 is 2.17 bits per heavy atom. The molecule has 1 N–H and O–H groups in total. The summed E-state index contributed by atoms with van der Waals surface area (Å²) in [5.74, 6) is 0.880. The molecule has 0 aliphatic carbocycles. The number of ether oxygens (including phenoxy) is 1. The van der Waals surface area contributed by atoms with Crippen molar-refractivity contribution in [1.82, 2.24) is 5.32 Å². The fraction of sp³-hybridized carbons (Fsp3) is 0.538. The first-order valence-electron chi connectivity index (χ1n) is 6.26. The molecule has 0 spiro atoms. The SMILES string of the molecule is Cc1cccc(OCC2CCNCC2)c1[N+](=O)[O-]. The van der Waals surface area contributed by atoms with Crippen LogP contribution in [0.3, 0.4) is 0 Å². The van der Waals surface area contributed by atoms with E-state index in [-0.39, 0.29) is 10.6 Å². The lowest BCUT2D eigenvalue weighted by Crippen LogP contribution is -2.30. The number of nitro benzene ring substituents is 1. The molecule has 18 heavy (non-hydrogen) atoms. The van der Waals surface area contributed by atoms with Crippen LogP contribution in [0.5, 0.6) is 5.75 Å². The number of hydrogen-bond acceptors (Lipinski definition) is 4. The van der Waals surface area contributed by atoms with Gasteiger partial charge < -0.3 is 10.1 Å². The number of para-hydroxylation sites is 1. The maximum absolute atomic E-state index is 11.0. The summed E-state index contributed by atoms with van der Waals surface area (Å²) in [5.41, 5.74) is 0.731. The molecule has 1 aliphatic rings. The van der Waals surface area contributed by atoms with E-state index in [1.165, 1.54) is 0 Å². The highest BCUT2D eigenvalue weighted by molar-refractivity contribution is 5.52. The molecule has 1 heterocycles. The molecule has 1 aromatic carbocycles. The van der Waals surface area contributed by atoms with E-state index in [0.717, 1.165) is 25.9 Å². The lowest BCUT2D eigenvalue weighted by atomic mass is 9.99. The Morgan fingerprint density at radius 1 is 1.44 bits per heavy atom. The summed E-state index contributed by atoms with van der Waals surface area (Å²) in [6, 6.07) is 5.20. The average molecular weight is 250 g/mol. The van der Waals surface area contributed by atoms with E-state index in [0.29, 0.717) is 23.8 Å². The minimum Gasteiger partial charge on any atom is -0.487 e. The highest BCUT2D eigenvalue weighted by Crippen LogP contribution is 2.30. The Kier molecular flexibility index (Phi) is 4.15. The molecule has 5 heteroatoms. The lowest BCUT2D eigenvalue weighted by molar-refractivity contribution is -0.386. The second kappa shape index (κ2) is 5.82. The van der Waals surface area contributed by atoms with Crippen LogP contribution in [0.4, 0.5) is 5.69 Å². The number of benzene rings is 1. The third-order valence-corrected chi connectivity index (χ3v) is 3.32. The first kappa shape index (κ1) is 12.8. The molecular formula is C13H18N2O3. The summed E-state index contributed by atoms with van der Waals surface area (Å²) in [7, 11) is 0. The van der Waals surface area contributed by atoms with Gasteiger partial charge in [0.1, 0.15) is 0 Å². The van der Waals surface area contributed by atoms with Gasteiger partial charge in [-0.25, -0.2) is 0 Å². The quantitative estimate of drug-likeness (QED) is 0.657. The second-order valence-corrected chi connectivity index (χ2v) is 4.68. The van der Waals surface area contributed by atoms with Crippen molar-refractivity contribution in [3.63, 3.8) is 0 Å². The molecular weight excluding hydrogens is 232 g/mol. The van der Waals surface area contributed by atoms with Gasteiger partial charge in [0, 0.05) is 5.56 Å². The van der Waals surface area contributed by atoms with Crippen LogP contribution >= 0.6 is 0 Å². The summed E-state index contributed by atoms with van der Waals surface area (Å²) < 4.78 is 5.65. The van der Waals surface area contributed by atoms with E-state index in [9.17, 15) is 10.1 Å². The predicted octanol–water partition coefficient (Wildman–Crippen LogP) is 2.28. The molecule has 98 valence electrons. The molecule has 0 bridgehead atoms. The van der Waals surface area contributed by atoms with E-state index < -0.39 is 0 Å². The third kappa shape index (κ3) is 2.98. The van der Waals surface area contributed by atoms with Crippen LogP contribution in [0, 0.1) is 23.0 Å². The number of piperidine rings is 1. The average Bonchev–Trinajstić information content (AvgIpc) is 2.37. The summed E-state index contributed by atoms with van der Waals surface area (Å²) in [5, 5.41) is 14.3. The van der Waals surface area contributed by atoms with Gasteiger partial charge in [0.05, 0.1) is 11.5 Å². The van der Waals surface area contributed by atoms with Gasteiger partial charge in [0.15, 0.2) is 5.75 Å². The van der Waals surface area contributed by atoms with Crippen molar-refractivity contribution < 1.29 is 9.66 Å². The summed E-state index contributed by atoms with van der Waals surface area (Å²) >= 11 is 0. The Bertz CT molecular complexity index is 428. The molecule has 1 aromatic rings. The van der Waals surface area contributed by atoms with E-state index >= 15 is 0 Å². The van der Waals surface area contributed by atoms with Crippen LogP contribution in [0.25, 0.3) is 0 Å². The minimum atomic E-state index is -0.368. The van der Waals surface area contributed by atoms with E-state index in [2.05, 4.69) is 5.32 Å². The predicted molar refractivity (Wildman–Crippen MR) is 68.9 cm³/mol. The molecule has 0 unspecified atom stereocenters. The summed E-state index contributed by atoms with van der Waals surface area (Å²) in [6.07, 6.45) is 2.14. The van der Waals surface area contributed by atoms with Gasteiger partial charge in [0.25, 0.3) is 0 Å². The van der Waals surface area contributed by atoms with Gasteiger partial charge in [-0.3, -0.25) is 10.1 Å². The van der Waals surface area contributed by atoms with Gasteiger partial charge >= 0.3 is 5.69 Å². The van der Waals surface area contributed by atoms with Crippen LogP contribution in [0.2, 0.25) is 0 Å². The molecule has 1 fully saturated rings. The molecule has 0 aromatic heterocycles. The maximum atomic E-state index is 11.0. The zero-order valence-electron chi connectivity index (χ0n) is 10.5. The van der Waals surface area contributed by atoms with Crippen molar-refractivity contribution in [2.24, 2.45) is 5.92 Å². The van der Waals surface area contributed by atoms with Gasteiger partial charge in [-0.05, 0) is 44.8 Å². The van der Waals surface area contributed by atoms with Crippen LogP contribution in [-0.4, -0.2) is 24.6 Å². The van der Waals surface area contributed by atoms with Crippen molar-refractivity contribution in [2.45, 2.75) is 19.8 Å². The zero-order chi connectivity index (χ0) is 13.0. The highest BCUT2D eigenvalue weighted by Gasteiger charge is 2.20. The first-order valence-corrected chi connectivity index (χ1v) is 6.26. The third-order valence-electron chi connectivity index (χ3n) is 3.32. The van der Waals surface area contributed by atoms with Gasteiger partial charge in [0.2, 0.25) is 0 Å². The van der Waals surface area contributed by atoms with Crippen molar-refractivity contribution in [3.8, 4) is 5.75 Å². The number of nitro groups is 1. The number of hydrogen-bond donors (Lipinski definition) is 1. The maximum Gasteiger partial charge on any atom is 0.313 e. The molecule has 0 amide bonds. The normalized spacial score (nSPS) is 16.5. The van der Waals surface area contributed by atoms with Crippen LogP contribution < -0.4 is 10.1 Å². The first-order chi connectivity index (χ1) is 8.68. The largest absolute Gasteiger partial charge is 0.487 e. The highest BCUT2D eigenvalue weighted by atomic mass is 16.6. The van der Waals surface area contributed by atoms with E-state index in [4.69, 9.17) is 4.74 Å². The lowest BCUT2D eigenvalue weighted by Gasteiger charge is -2.22. The number of nitrogens with zero attached hydrogens (tertiary/aromatic N) is 1. The van der Waals surface area contributed by atoms with Gasteiger partial charge in [-0.2, -0.15) is 0 Å². The number of rotatable bonds is 4. The van der Waals surface area contributed by atoms with E-state index in [1.807, 2.05) is 0 Å². The number of aryl methyl sites for hydroxylation is 1. The number of nitrogens with one attached hydrogen (secondary N) is 1. The standard InChI is InChI=1S/C13H18N2O3/c1-10-3-2-4-12(13(10)15(16)17)18-9-11-5-7-14-8-6-11/h2-4,11,14H,5-9H2,1H3. The second-order valence-electron chi connectivity index (χ2n) is 4.68. The molecule has 0 atom stereocenters. The molecule has 2 rings (SSSR count).